The van der Waals surface area contributed by atoms with Crippen molar-refractivity contribution in [3.05, 3.63) is 68.9 Å². The number of aromatic nitrogens is 4. The molecule has 1 N–H and O–H groups in total. The standard InChI is InChI=1S/C25H21FN4O4/c1-4-25(33)16-8-20-22-14(10-30(20)23(31)15(16)11-34-24(25)32)21(18-5-6-29(3)28-18)13-7-12(2)17(26)9-19(13)27-22/h5-9,33H,4,10-11H2,1-3H3/t25-/m0/s1. The van der Waals surface area contributed by atoms with Crippen molar-refractivity contribution in [1.29, 1.82) is 0 Å². The lowest BCUT2D eigenvalue weighted by Gasteiger charge is -2.31. The van der Waals surface area contributed by atoms with Gasteiger partial charge in [-0.2, -0.15) is 5.10 Å². The van der Waals surface area contributed by atoms with Crippen molar-refractivity contribution in [2.75, 3.05) is 0 Å². The van der Waals surface area contributed by atoms with Crippen molar-refractivity contribution in [2.45, 2.75) is 39.0 Å². The molecule has 0 saturated carbocycles. The fourth-order valence-electron chi connectivity index (χ4n) is 5.05. The van der Waals surface area contributed by atoms with Gasteiger partial charge in [0.2, 0.25) is 0 Å². The number of carbonyl (C=O) groups excluding carboxylic acids is 1. The molecular weight excluding hydrogens is 439 g/mol. The lowest BCUT2D eigenvalue weighted by molar-refractivity contribution is -0.172. The third-order valence-electron chi connectivity index (χ3n) is 6.94. The first-order valence-electron chi connectivity index (χ1n) is 11.0. The SMILES string of the molecule is CC[C@@]1(O)C(=O)OCc2c1cc1n(c2=O)Cc2c-1nc1cc(F)c(C)cc1c2-c1ccn(C)n1. The van der Waals surface area contributed by atoms with Gasteiger partial charge in [0.1, 0.15) is 12.4 Å². The summed E-state index contributed by atoms with van der Waals surface area (Å²) in [6.45, 7) is 3.39. The van der Waals surface area contributed by atoms with E-state index in [0.717, 1.165) is 16.5 Å². The van der Waals surface area contributed by atoms with E-state index in [1.165, 1.54) is 6.07 Å². The Bertz CT molecular complexity index is 1620. The molecule has 0 unspecified atom stereocenters. The normalized spacial score (nSPS) is 18.6. The molecule has 8 nitrogen and oxygen atoms in total. The second-order valence-corrected chi connectivity index (χ2v) is 8.91. The number of aliphatic hydroxyl groups is 1. The predicted molar refractivity (Wildman–Crippen MR) is 121 cm³/mol. The van der Waals surface area contributed by atoms with E-state index >= 15 is 0 Å². The summed E-state index contributed by atoms with van der Waals surface area (Å²) in [5, 5.41) is 16.4. The third kappa shape index (κ3) is 2.61. The number of pyridine rings is 2. The predicted octanol–water partition coefficient (Wildman–Crippen LogP) is 2.93. The van der Waals surface area contributed by atoms with Gasteiger partial charge in [-0.25, -0.2) is 14.2 Å². The molecular formula is C25H21FN4O4. The highest BCUT2D eigenvalue weighted by Crippen LogP contribution is 2.43. The Morgan fingerprint density at radius 1 is 1.24 bits per heavy atom. The van der Waals surface area contributed by atoms with Gasteiger partial charge >= 0.3 is 5.97 Å². The summed E-state index contributed by atoms with van der Waals surface area (Å²) in [5.74, 6) is -1.15. The van der Waals surface area contributed by atoms with E-state index in [9.17, 15) is 19.1 Å². The first-order chi connectivity index (χ1) is 16.2. The minimum absolute atomic E-state index is 0.0589. The van der Waals surface area contributed by atoms with Crippen LogP contribution in [-0.2, 0) is 35.3 Å². The van der Waals surface area contributed by atoms with Gasteiger partial charge in [-0.1, -0.05) is 6.92 Å². The van der Waals surface area contributed by atoms with E-state index in [1.54, 1.807) is 35.2 Å². The Hall–Kier alpha value is -3.85. The minimum atomic E-state index is -1.91. The average Bonchev–Trinajstić information content (AvgIpc) is 3.40. The molecule has 172 valence electrons. The smallest absolute Gasteiger partial charge is 0.343 e. The number of halogens is 1. The summed E-state index contributed by atoms with van der Waals surface area (Å²) in [7, 11) is 1.81. The molecule has 6 rings (SSSR count). The Labute approximate surface area is 193 Å². The zero-order valence-electron chi connectivity index (χ0n) is 18.8. The van der Waals surface area contributed by atoms with Crippen LogP contribution in [0.4, 0.5) is 4.39 Å². The number of esters is 1. The molecule has 34 heavy (non-hydrogen) atoms. The van der Waals surface area contributed by atoms with Gasteiger partial charge < -0.3 is 14.4 Å². The maximum absolute atomic E-state index is 14.5. The maximum atomic E-state index is 14.5. The van der Waals surface area contributed by atoms with Crippen LogP contribution in [0.15, 0.2) is 35.3 Å². The number of hydrogen-bond donors (Lipinski definition) is 1. The summed E-state index contributed by atoms with van der Waals surface area (Å²) < 4.78 is 22.9. The van der Waals surface area contributed by atoms with Crippen LogP contribution in [0.2, 0.25) is 0 Å². The largest absolute Gasteiger partial charge is 0.458 e. The Balaban J connectivity index is 1.71. The number of fused-ring (bicyclic) bond motifs is 5. The summed E-state index contributed by atoms with van der Waals surface area (Å²) >= 11 is 0. The van der Waals surface area contributed by atoms with Gasteiger partial charge in [0, 0.05) is 41.4 Å². The lowest BCUT2D eigenvalue weighted by Crippen LogP contribution is -2.44. The highest BCUT2D eigenvalue weighted by Gasteiger charge is 2.45. The number of nitrogens with zero attached hydrogens (tertiary/aromatic N) is 4. The van der Waals surface area contributed by atoms with E-state index in [0.29, 0.717) is 28.2 Å². The first kappa shape index (κ1) is 20.7. The Kier molecular flexibility index (Phi) is 4.17. The molecule has 0 spiro atoms. The quantitative estimate of drug-likeness (QED) is 0.407. The van der Waals surface area contributed by atoms with Gasteiger partial charge in [0.15, 0.2) is 5.60 Å². The van der Waals surface area contributed by atoms with E-state index in [1.807, 2.05) is 19.3 Å². The summed E-state index contributed by atoms with van der Waals surface area (Å²) in [4.78, 5) is 30.6. The number of carbonyl (C=O) groups is 1. The zero-order chi connectivity index (χ0) is 23.9. The second kappa shape index (κ2) is 6.83. The van der Waals surface area contributed by atoms with Crippen LogP contribution in [0.25, 0.3) is 33.5 Å². The summed E-state index contributed by atoms with van der Waals surface area (Å²) in [6, 6.07) is 6.66. The number of rotatable bonds is 2. The Morgan fingerprint density at radius 2 is 2.03 bits per heavy atom. The van der Waals surface area contributed by atoms with Crippen LogP contribution < -0.4 is 5.56 Å². The molecule has 1 atom stereocenters. The van der Waals surface area contributed by atoms with E-state index in [-0.39, 0.29) is 42.1 Å². The van der Waals surface area contributed by atoms with E-state index in [2.05, 4.69) is 5.10 Å². The second-order valence-electron chi connectivity index (χ2n) is 8.91. The van der Waals surface area contributed by atoms with Crippen LogP contribution in [-0.4, -0.2) is 30.4 Å². The number of cyclic esters (lactones) is 1. The van der Waals surface area contributed by atoms with E-state index in [4.69, 9.17) is 9.72 Å². The topological polar surface area (TPSA) is 99.2 Å². The van der Waals surface area contributed by atoms with Crippen LogP contribution in [0.1, 0.15) is 35.6 Å². The third-order valence-corrected chi connectivity index (χ3v) is 6.94. The zero-order valence-corrected chi connectivity index (χ0v) is 18.8. The molecule has 0 amide bonds. The van der Waals surface area contributed by atoms with Crippen molar-refractivity contribution < 1.29 is 19.0 Å². The molecule has 9 heteroatoms. The van der Waals surface area contributed by atoms with Crippen molar-refractivity contribution >= 4 is 16.9 Å². The van der Waals surface area contributed by atoms with Crippen LogP contribution in [0.5, 0.6) is 0 Å². The highest BCUT2D eigenvalue weighted by atomic mass is 19.1. The van der Waals surface area contributed by atoms with Gasteiger partial charge in [0.25, 0.3) is 5.56 Å². The molecule has 3 aromatic heterocycles. The number of benzene rings is 1. The molecule has 2 aliphatic rings. The maximum Gasteiger partial charge on any atom is 0.343 e. The molecule has 0 saturated heterocycles. The molecule has 0 fully saturated rings. The molecule has 4 aromatic rings. The van der Waals surface area contributed by atoms with Crippen LogP contribution in [0.3, 0.4) is 0 Å². The highest BCUT2D eigenvalue weighted by molar-refractivity contribution is 5.99. The van der Waals surface area contributed by atoms with Gasteiger partial charge in [-0.3, -0.25) is 9.48 Å². The van der Waals surface area contributed by atoms with Gasteiger partial charge in [-0.15, -0.1) is 0 Å². The lowest BCUT2D eigenvalue weighted by atomic mass is 9.86. The van der Waals surface area contributed by atoms with Crippen LogP contribution in [0, 0.1) is 12.7 Å². The number of ether oxygens (including phenoxy) is 1. The van der Waals surface area contributed by atoms with Crippen LogP contribution >= 0.6 is 0 Å². The molecule has 5 heterocycles. The number of aryl methyl sites for hydroxylation is 2. The fraction of sp³-hybridized carbons (Fsp3) is 0.280. The van der Waals surface area contributed by atoms with Crippen molar-refractivity contribution in [1.82, 2.24) is 19.3 Å². The molecule has 1 aromatic carbocycles. The van der Waals surface area contributed by atoms with Crippen molar-refractivity contribution in [2.24, 2.45) is 7.05 Å². The number of hydrogen-bond acceptors (Lipinski definition) is 6. The molecule has 2 aliphatic heterocycles. The first-order valence-corrected chi connectivity index (χ1v) is 11.0. The van der Waals surface area contributed by atoms with Crippen molar-refractivity contribution in [3.63, 3.8) is 0 Å². The fourth-order valence-corrected chi connectivity index (χ4v) is 5.05. The van der Waals surface area contributed by atoms with E-state index < -0.39 is 11.6 Å². The molecule has 0 radical (unpaired) electrons. The average molecular weight is 460 g/mol. The summed E-state index contributed by atoms with van der Waals surface area (Å²) in [5.41, 5.74) is 2.40. The van der Waals surface area contributed by atoms with Gasteiger partial charge in [-0.05, 0) is 37.1 Å². The Morgan fingerprint density at radius 3 is 2.74 bits per heavy atom. The van der Waals surface area contributed by atoms with Crippen molar-refractivity contribution in [3.8, 4) is 22.6 Å². The molecule has 0 aliphatic carbocycles. The summed E-state index contributed by atoms with van der Waals surface area (Å²) in [6.07, 6.45) is 1.88. The minimum Gasteiger partial charge on any atom is -0.458 e. The van der Waals surface area contributed by atoms with Gasteiger partial charge in [0.05, 0.1) is 34.7 Å². The molecule has 0 bridgehead atoms. The monoisotopic (exact) mass is 460 g/mol.